The lowest BCUT2D eigenvalue weighted by molar-refractivity contribution is 0.0172. The Hall–Kier alpha value is -1.83. The number of aliphatic hydroxyl groups excluding tert-OH is 1. The van der Waals surface area contributed by atoms with Crippen molar-refractivity contribution in [2.45, 2.75) is 31.3 Å². The van der Waals surface area contributed by atoms with Gasteiger partial charge in [-0.25, -0.2) is 13.8 Å². The van der Waals surface area contributed by atoms with Gasteiger partial charge in [-0.15, -0.1) is 0 Å². The minimum atomic E-state index is -0.676. The molecule has 1 N–H and O–H groups in total. The molecule has 2 aliphatic rings. The van der Waals surface area contributed by atoms with E-state index in [1.807, 2.05) is 0 Å². The molecule has 3 heterocycles. The maximum Gasteiger partial charge on any atom is 0.146 e. The molecule has 0 unspecified atom stereocenters. The van der Waals surface area contributed by atoms with Crippen LogP contribution in [0.1, 0.15) is 11.6 Å². The van der Waals surface area contributed by atoms with Crippen LogP contribution in [0.3, 0.4) is 0 Å². The highest BCUT2D eigenvalue weighted by Crippen LogP contribution is 2.37. The van der Waals surface area contributed by atoms with Crippen molar-refractivity contribution in [3.8, 4) is 11.4 Å². The number of fused-ring (bicyclic) bond motifs is 1. The lowest BCUT2D eigenvalue weighted by atomic mass is 10.1. The van der Waals surface area contributed by atoms with Crippen LogP contribution >= 0.6 is 0 Å². The molecule has 4 atom stereocenters. The standard InChI is InChI=1S/C16H16F2N2O3/c1-8-2-3-9(17)12(13(8)18)16-19-4-5-20(16)10-6-22-15-11(21)7-23-14(10)15/h2-5,10-11,14-15,21H,6-7H2,1H3/t10-,11-,14-,15-/m1/s1. The van der Waals surface area contributed by atoms with E-state index in [2.05, 4.69) is 4.98 Å². The Bertz CT molecular complexity index is 749. The van der Waals surface area contributed by atoms with E-state index in [1.54, 1.807) is 17.7 Å². The second kappa shape index (κ2) is 5.36. The van der Waals surface area contributed by atoms with Crippen molar-refractivity contribution in [1.82, 2.24) is 9.55 Å². The van der Waals surface area contributed by atoms with Gasteiger partial charge in [-0.1, -0.05) is 6.07 Å². The highest BCUT2D eigenvalue weighted by molar-refractivity contribution is 5.59. The molecule has 7 heteroatoms. The van der Waals surface area contributed by atoms with Gasteiger partial charge in [0.05, 0.1) is 24.8 Å². The van der Waals surface area contributed by atoms with Crippen LogP contribution in [0.25, 0.3) is 11.4 Å². The number of hydrogen-bond acceptors (Lipinski definition) is 4. The summed E-state index contributed by atoms with van der Waals surface area (Å²) in [5.41, 5.74) is 0.195. The van der Waals surface area contributed by atoms with E-state index in [4.69, 9.17) is 9.47 Å². The average molecular weight is 322 g/mol. The number of nitrogens with zero attached hydrogens (tertiary/aromatic N) is 2. The molecule has 0 aliphatic carbocycles. The molecule has 2 fully saturated rings. The SMILES string of the molecule is Cc1ccc(F)c(-c2nccn2[C@@H]2CO[C@H]3[C@@H]2OC[C@H]3O)c1F. The molecule has 4 rings (SSSR count). The van der Waals surface area contributed by atoms with Crippen LogP contribution in [-0.2, 0) is 9.47 Å². The number of benzene rings is 1. The summed E-state index contributed by atoms with van der Waals surface area (Å²) in [6, 6.07) is 2.34. The monoisotopic (exact) mass is 322 g/mol. The summed E-state index contributed by atoms with van der Waals surface area (Å²) in [5.74, 6) is -1.09. The summed E-state index contributed by atoms with van der Waals surface area (Å²) in [7, 11) is 0. The predicted octanol–water partition coefficient (Wildman–Crippen LogP) is 1.84. The van der Waals surface area contributed by atoms with Gasteiger partial charge in [-0.3, -0.25) is 0 Å². The normalized spacial score (nSPS) is 29.9. The summed E-state index contributed by atoms with van der Waals surface area (Å²) in [6.45, 7) is 2.07. The topological polar surface area (TPSA) is 56.5 Å². The lowest BCUT2D eigenvalue weighted by Gasteiger charge is -2.20. The molecule has 2 saturated heterocycles. The number of imidazole rings is 1. The van der Waals surface area contributed by atoms with Crippen LogP contribution < -0.4 is 0 Å². The minimum Gasteiger partial charge on any atom is -0.388 e. The molecule has 2 aliphatic heterocycles. The molecule has 122 valence electrons. The first-order chi connectivity index (χ1) is 11.1. The Morgan fingerprint density at radius 2 is 2.00 bits per heavy atom. The van der Waals surface area contributed by atoms with Crippen LogP contribution in [0.2, 0.25) is 0 Å². The van der Waals surface area contributed by atoms with E-state index in [-0.39, 0.29) is 30.1 Å². The molecule has 0 spiro atoms. The number of rotatable bonds is 2. The molecule has 0 amide bonds. The number of aromatic nitrogens is 2. The van der Waals surface area contributed by atoms with Crippen molar-refractivity contribution >= 4 is 0 Å². The Balaban J connectivity index is 1.77. The zero-order valence-corrected chi connectivity index (χ0v) is 12.4. The van der Waals surface area contributed by atoms with Crippen molar-refractivity contribution in [3.63, 3.8) is 0 Å². The van der Waals surface area contributed by atoms with E-state index >= 15 is 0 Å². The van der Waals surface area contributed by atoms with Gasteiger partial charge >= 0.3 is 0 Å². The minimum absolute atomic E-state index is 0.156. The predicted molar refractivity (Wildman–Crippen MR) is 76.8 cm³/mol. The Morgan fingerprint density at radius 1 is 1.22 bits per heavy atom. The van der Waals surface area contributed by atoms with Crippen molar-refractivity contribution in [3.05, 3.63) is 41.7 Å². The fourth-order valence-corrected chi connectivity index (χ4v) is 3.33. The molecular weight excluding hydrogens is 306 g/mol. The number of ether oxygens (including phenoxy) is 2. The second-order valence-corrected chi connectivity index (χ2v) is 5.94. The van der Waals surface area contributed by atoms with Crippen molar-refractivity contribution in [1.29, 1.82) is 0 Å². The maximum absolute atomic E-state index is 14.4. The van der Waals surface area contributed by atoms with Gasteiger partial charge in [0.25, 0.3) is 0 Å². The Labute approximate surface area is 131 Å². The highest BCUT2D eigenvalue weighted by atomic mass is 19.1. The van der Waals surface area contributed by atoms with Gasteiger partial charge in [0, 0.05) is 12.4 Å². The molecule has 0 bridgehead atoms. The van der Waals surface area contributed by atoms with Crippen LogP contribution in [-0.4, -0.2) is 46.2 Å². The summed E-state index contributed by atoms with van der Waals surface area (Å²) in [5, 5.41) is 9.83. The van der Waals surface area contributed by atoms with Crippen molar-refractivity contribution < 1.29 is 23.4 Å². The summed E-state index contributed by atoms with van der Waals surface area (Å²) in [4.78, 5) is 4.14. The molecule has 1 aromatic heterocycles. The number of aryl methyl sites for hydroxylation is 1. The highest BCUT2D eigenvalue weighted by Gasteiger charge is 2.48. The van der Waals surface area contributed by atoms with E-state index < -0.39 is 23.8 Å². The first-order valence-corrected chi connectivity index (χ1v) is 7.47. The third-order valence-electron chi connectivity index (χ3n) is 4.53. The van der Waals surface area contributed by atoms with E-state index in [1.165, 1.54) is 18.3 Å². The molecule has 2 aromatic rings. The average Bonchev–Trinajstić information content (AvgIpc) is 3.22. The number of hydrogen-bond donors (Lipinski definition) is 1. The molecule has 0 saturated carbocycles. The molecular formula is C16H16F2N2O3. The van der Waals surface area contributed by atoms with Crippen molar-refractivity contribution in [2.24, 2.45) is 0 Å². The van der Waals surface area contributed by atoms with Crippen LogP contribution in [0.5, 0.6) is 0 Å². The fourth-order valence-electron chi connectivity index (χ4n) is 3.33. The van der Waals surface area contributed by atoms with Gasteiger partial charge in [-0.2, -0.15) is 0 Å². The molecule has 1 aromatic carbocycles. The van der Waals surface area contributed by atoms with Gasteiger partial charge in [0.15, 0.2) is 0 Å². The van der Waals surface area contributed by atoms with Gasteiger partial charge in [0.2, 0.25) is 0 Å². The first-order valence-electron chi connectivity index (χ1n) is 7.47. The lowest BCUT2D eigenvalue weighted by Crippen LogP contribution is -2.30. The van der Waals surface area contributed by atoms with E-state index in [9.17, 15) is 13.9 Å². The van der Waals surface area contributed by atoms with E-state index in [0.717, 1.165) is 0 Å². The Kier molecular flexibility index (Phi) is 3.44. The number of halogens is 2. The number of aliphatic hydroxyl groups is 1. The van der Waals surface area contributed by atoms with E-state index in [0.29, 0.717) is 12.2 Å². The van der Waals surface area contributed by atoms with Crippen LogP contribution in [0, 0.1) is 18.6 Å². The zero-order valence-electron chi connectivity index (χ0n) is 12.4. The smallest absolute Gasteiger partial charge is 0.146 e. The maximum atomic E-state index is 14.4. The second-order valence-electron chi connectivity index (χ2n) is 5.94. The zero-order chi connectivity index (χ0) is 16.1. The molecule has 5 nitrogen and oxygen atoms in total. The first kappa shape index (κ1) is 14.7. The summed E-state index contributed by atoms with van der Waals surface area (Å²) >= 11 is 0. The fraction of sp³-hybridized carbons (Fsp3) is 0.438. The summed E-state index contributed by atoms with van der Waals surface area (Å²) < 4.78 is 41.5. The molecule has 23 heavy (non-hydrogen) atoms. The van der Waals surface area contributed by atoms with Gasteiger partial charge in [0.1, 0.15) is 35.8 Å². The Morgan fingerprint density at radius 3 is 2.83 bits per heavy atom. The quantitative estimate of drug-likeness (QED) is 0.917. The van der Waals surface area contributed by atoms with Crippen molar-refractivity contribution in [2.75, 3.05) is 13.2 Å². The third kappa shape index (κ3) is 2.19. The largest absolute Gasteiger partial charge is 0.388 e. The van der Waals surface area contributed by atoms with Crippen LogP contribution in [0.15, 0.2) is 24.5 Å². The van der Waals surface area contributed by atoms with Gasteiger partial charge < -0.3 is 19.1 Å². The summed E-state index contributed by atoms with van der Waals surface area (Å²) in [6.07, 6.45) is 1.71. The third-order valence-corrected chi connectivity index (χ3v) is 4.53. The van der Waals surface area contributed by atoms with Crippen LogP contribution in [0.4, 0.5) is 8.78 Å². The molecule has 0 radical (unpaired) electrons. The van der Waals surface area contributed by atoms with Gasteiger partial charge in [-0.05, 0) is 18.6 Å².